The van der Waals surface area contributed by atoms with Crippen LogP contribution in [0.25, 0.3) is 11.1 Å². The van der Waals surface area contributed by atoms with Crippen LogP contribution < -0.4 is 0 Å². The Kier molecular flexibility index (Phi) is 3.87. The summed E-state index contributed by atoms with van der Waals surface area (Å²) in [6.07, 6.45) is -2.90. The van der Waals surface area contributed by atoms with Gasteiger partial charge >= 0.3 is 0 Å². The molecule has 0 N–H and O–H groups in total. The summed E-state index contributed by atoms with van der Waals surface area (Å²) in [6, 6.07) is 12.5. The van der Waals surface area contributed by atoms with Gasteiger partial charge in [-0.3, -0.25) is 0 Å². The fourth-order valence-corrected chi connectivity index (χ4v) is 2.84. The standard InChI is InChI=1S/C13H9ClF2O2S/c14-19(17,18)12-8-10(6-7-11(12)13(15)16)9-4-2-1-3-5-9/h1-8,13H. The van der Waals surface area contributed by atoms with Crippen LogP contribution in [0.3, 0.4) is 0 Å². The molecule has 19 heavy (non-hydrogen) atoms. The van der Waals surface area contributed by atoms with E-state index in [1.165, 1.54) is 12.1 Å². The van der Waals surface area contributed by atoms with Crippen molar-refractivity contribution in [3.8, 4) is 11.1 Å². The zero-order chi connectivity index (χ0) is 14.0. The summed E-state index contributed by atoms with van der Waals surface area (Å²) in [5.74, 6) is 0. The lowest BCUT2D eigenvalue weighted by Crippen LogP contribution is -1.99. The maximum atomic E-state index is 12.8. The molecule has 0 fully saturated rings. The number of halogens is 3. The van der Waals surface area contributed by atoms with E-state index in [-0.39, 0.29) is 0 Å². The van der Waals surface area contributed by atoms with Gasteiger partial charge in [-0.05, 0) is 17.2 Å². The Hall–Kier alpha value is -1.46. The third-order valence-electron chi connectivity index (χ3n) is 2.62. The van der Waals surface area contributed by atoms with Crippen LogP contribution in [-0.2, 0) is 9.05 Å². The summed E-state index contributed by atoms with van der Waals surface area (Å²) in [6.45, 7) is 0. The Morgan fingerprint density at radius 2 is 1.58 bits per heavy atom. The van der Waals surface area contributed by atoms with Crippen molar-refractivity contribution in [2.24, 2.45) is 0 Å². The number of hydrogen-bond donors (Lipinski definition) is 0. The maximum Gasteiger partial charge on any atom is 0.265 e. The minimum atomic E-state index is -4.22. The summed E-state index contributed by atoms with van der Waals surface area (Å²) >= 11 is 0. The lowest BCUT2D eigenvalue weighted by atomic mass is 10.0. The number of hydrogen-bond acceptors (Lipinski definition) is 2. The van der Waals surface area contributed by atoms with Crippen molar-refractivity contribution in [3.05, 3.63) is 54.1 Å². The van der Waals surface area contributed by atoms with E-state index in [2.05, 4.69) is 0 Å². The molecule has 0 aliphatic rings. The van der Waals surface area contributed by atoms with Gasteiger partial charge in [0.25, 0.3) is 15.5 Å². The van der Waals surface area contributed by atoms with Crippen LogP contribution in [0.5, 0.6) is 0 Å². The Morgan fingerprint density at radius 1 is 0.947 bits per heavy atom. The predicted octanol–water partition coefficient (Wildman–Crippen LogP) is 4.22. The molecule has 0 heterocycles. The van der Waals surface area contributed by atoms with E-state index in [9.17, 15) is 17.2 Å². The fraction of sp³-hybridized carbons (Fsp3) is 0.0769. The molecule has 0 saturated heterocycles. The molecule has 0 amide bonds. The van der Waals surface area contributed by atoms with Gasteiger partial charge in [-0.15, -0.1) is 0 Å². The molecule has 0 unspecified atom stereocenters. The predicted molar refractivity (Wildman–Crippen MR) is 69.9 cm³/mol. The second kappa shape index (κ2) is 5.27. The molecule has 100 valence electrons. The highest BCUT2D eigenvalue weighted by atomic mass is 35.7. The Bertz CT molecular complexity index is 685. The highest BCUT2D eigenvalue weighted by molar-refractivity contribution is 8.13. The van der Waals surface area contributed by atoms with Crippen LogP contribution in [0.15, 0.2) is 53.4 Å². The van der Waals surface area contributed by atoms with Crippen LogP contribution in [0.4, 0.5) is 8.78 Å². The summed E-state index contributed by atoms with van der Waals surface area (Å²) in [4.78, 5) is -0.550. The molecule has 0 bridgehead atoms. The molecule has 0 spiro atoms. The lowest BCUT2D eigenvalue weighted by Gasteiger charge is -2.09. The topological polar surface area (TPSA) is 34.1 Å². The van der Waals surface area contributed by atoms with E-state index >= 15 is 0 Å². The van der Waals surface area contributed by atoms with Crippen molar-refractivity contribution in [2.45, 2.75) is 11.3 Å². The Labute approximate surface area is 114 Å². The summed E-state index contributed by atoms with van der Waals surface area (Å²) in [7, 11) is 0.989. The second-order valence-electron chi connectivity index (χ2n) is 3.86. The molecule has 6 heteroatoms. The molecule has 0 aromatic heterocycles. The Morgan fingerprint density at radius 3 is 2.11 bits per heavy atom. The van der Waals surface area contributed by atoms with E-state index in [4.69, 9.17) is 10.7 Å². The van der Waals surface area contributed by atoms with Crippen LogP contribution in [0.2, 0.25) is 0 Å². The number of alkyl halides is 2. The molecule has 0 aliphatic carbocycles. The van der Waals surface area contributed by atoms with E-state index in [0.29, 0.717) is 5.56 Å². The highest BCUT2D eigenvalue weighted by Crippen LogP contribution is 2.32. The third-order valence-corrected chi connectivity index (χ3v) is 4.00. The van der Waals surface area contributed by atoms with Crippen LogP contribution in [0, 0.1) is 0 Å². The van der Waals surface area contributed by atoms with Gasteiger partial charge in [0.05, 0.1) is 4.90 Å². The van der Waals surface area contributed by atoms with Crippen LogP contribution in [-0.4, -0.2) is 8.42 Å². The number of rotatable bonds is 3. The molecule has 2 nitrogen and oxygen atoms in total. The normalized spacial score (nSPS) is 11.8. The van der Waals surface area contributed by atoms with Gasteiger partial charge in [-0.2, -0.15) is 0 Å². The number of benzene rings is 2. The minimum absolute atomic E-state index is 0.518. The van der Waals surface area contributed by atoms with Crippen molar-refractivity contribution in [1.82, 2.24) is 0 Å². The molecule has 0 atom stereocenters. The molecule has 0 aliphatic heterocycles. The van der Waals surface area contributed by atoms with Gasteiger partial charge in [0.1, 0.15) is 0 Å². The van der Waals surface area contributed by atoms with Gasteiger partial charge in [-0.25, -0.2) is 17.2 Å². The molecule has 2 aromatic rings. The molecule has 0 saturated carbocycles. The molecular weight excluding hydrogens is 294 g/mol. The van der Waals surface area contributed by atoms with E-state index in [1.807, 2.05) is 0 Å². The lowest BCUT2D eigenvalue weighted by molar-refractivity contribution is 0.148. The fourth-order valence-electron chi connectivity index (χ4n) is 1.74. The van der Waals surface area contributed by atoms with Crippen molar-refractivity contribution in [3.63, 3.8) is 0 Å². The zero-order valence-electron chi connectivity index (χ0n) is 9.55. The smallest absolute Gasteiger partial charge is 0.207 e. The molecule has 0 radical (unpaired) electrons. The molecule has 2 rings (SSSR count). The molecule has 2 aromatic carbocycles. The quantitative estimate of drug-likeness (QED) is 0.796. The highest BCUT2D eigenvalue weighted by Gasteiger charge is 2.22. The average Bonchev–Trinajstić information content (AvgIpc) is 2.38. The summed E-state index contributed by atoms with van der Waals surface area (Å²) < 4.78 is 48.3. The van der Waals surface area contributed by atoms with Crippen LogP contribution in [0.1, 0.15) is 12.0 Å². The SMILES string of the molecule is O=S(=O)(Cl)c1cc(-c2ccccc2)ccc1C(F)F. The first-order valence-corrected chi connectivity index (χ1v) is 7.62. The summed E-state index contributed by atoms with van der Waals surface area (Å²) in [5, 5.41) is 0. The minimum Gasteiger partial charge on any atom is -0.207 e. The first-order chi connectivity index (χ1) is 8.89. The average molecular weight is 303 g/mol. The third kappa shape index (κ3) is 3.11. The first-order valence-electron chi connectivity index (χ1n) is 5.32. The van der Waals surface area contributed by atoms with Gasteiger partial charge in [0, 0.05) is 16.2 Å². The van der Waals surface area contributed by atoms with Crippen molar-refractivity contribution < 1.29 is 17.2 Å². The van der Waals surface area contributed by atoms with Crippen molar-refractivity contribution in [2.75, 3.05) is 0 Å². The van der Waals surface area contributed by atoms with Crippen molar-refractivity contribution in [1.29, 1.82) is 0 Å². The monoisotopic (exact) mass is 302 g/mol. The second-order valence-corrected chi connectivity index (χ2v) is 6.39. The maximum absolute atomic E-state index is 12.8. The van der Waals surface area contributed by atoms with Gasteiger partial charge in [0.2, 0.25) is 0 Å². The van der Waals surface area contributed by atoms with Gasteiger partial charge < -0.3 is 0 Å². The molecular formula is C13H9ClF2O2S. The van der Waals surface area contributed by atoms with Crippen molar-refractivity contribution >= 4 is 19.7 Å². The van der Waals surface area contributed by atoms with Crippen LogP contribution >= 0.6 is 10.7 Å². The summed E-state index contributed by atoms with van der Waals surface area (Å²) in [5.41, 5.74) is 0.656. The van der Waals surface area contributed by atoms with E-state index < -0.39 is 25.9 Å². The van der Waals surface area contributed by atoms with Gasteiger partial charge in [-0.1, -0.05) is 42.5 Å². The zero-order valence-corrected chi connectivity index (χ0v) is 11.1. The Balaban J connectivity index is 2.63. The van der Waals surface area contributed by atoms with E-state index in [1.54, 1.807) is 30.3 Å². The van der Waals surface area contributed by atoms with E-state index in [0.717, 1.165) is 11.6 Å². The van der Waals surface area contributed by atoms with Gasteiger partial charge in [0.15, 0.2) is 0 Å². The largest absolute Gasteiger partial charge is 0.265 e. The first kappa shape index (κ1) is 14.0.